The lowest BCUT2D eigenvalue weighted by Crippen LogP contribution is -2.37. The number of phosphoric acid groups is 1. The number of allylic oxidation sites excluding steroid dienone is 14. The van der Waals surface area contributed by atoms with E-state index in [-0.39, 0.29) is 32.0 Å². The van der Waals surface area contributed by atoms with Crippen molar-refractivity contribution in [3.63, 3.8) is 0 Å². The molecule has 0 aromatic carbocycles. The van der Waals surface area contributed by atoms with E-state index in [0.717, 1.165) is 89.9 Å². The highest BCUT2D eigenvalue weighted by Gasteiger charge is 2.22. The van der Waals surface area contributed by atoms with Crippen LogP contribution in [-0.4, -0.2) is 70.0 Å². The number of hydrogen-bond acceptors (Lipinski definition) is 8. The van der Waals surface area contributed by atoms with Crippen LogP contribution in [0.25, 0.3) is 0 Å². The summed E-state index contributed by atoms with van der Waals surface area (Å²) in [5.74, 6) is -0.835. The zero-order chi connectivity index (χ0) is 67.6. The van der Waals surface area contributed by atoms with Crippen molar-refractivity contribution in [1.29, 1.82) is 0 Å². The van der Waals surface area contributed by atoms with E-state index in [0.29, 0.717) is 17.4 Å². The normalized spacial score (nSPS) is 13.5. The first-order valence-corrected chi connectivity index (χ1v) is 41.3. The summed E-state index contributed by atoms with van der Waals surface area (Å²) in [5.41, 5.74) is 0. The summed E-state index contributed by atoms with van der Waals surface area (Å²) < 4.78 is 34.4. The Hall–Kier alpha value is -2.81. The van der Waals surface area contributed by atoms with Crippen LogP contribution in [0.5, 0.6) is 0 Å². The van der Waals surface area contributed by atoms with Gasteiger partial charge in [0.1, 0.15) is 19.8 Å². The molecule has 0 fully saturated rings. The Morgan fingerprint density at radius 2 is 0.613 bits per heavy atom. The van der Waals surface area contributed by atoms with Gasteiger partial charge in [0.05, 0.1) is 27.7 Å². The smallest absolute Gasteiger partial charge is 0.306 e. The molecule has 0 N–H and O–H groups in total. The molecule has 0 spiro atoms. The number of quaternary nitrogens is 1. The molecule has 0 saturated heterocycles. The number of phosphoric ester groups is 1. The zero-order valence-electron chi connectivity index (χ0n) is 62.0. The fraction of sp³-hybridized carbons (Fsp3) is 0.807. The van der Waals surface area contributed by atoms with Crippen molar-refractivity contribution in [2.24, 2.45) is 0 Å². The largest absolute Gasteiger partial charge is 0.756 e. The number of unbranched alkanes of at least 4 members (excludes halogenated alkanes) is 46. The number of nitrogens with zero attached hydrogens (tertiary/aromatic N) is 1. The van der Waals surface area contributed by atoms with Crippen molar-refractivity contribution in [3.8, 4) is 0 Å². The van der Waals surface area contributed by atoms with Gasteiger partial charge in [-0.3, -0.25) is 14.2 Å². The molecule has 93 heavy (non-hydrogen) atoms. The van der Waals surface area contributed by atoms with Gasteiger partial charge in [-0.2, -0.15) is 0 Å². The number of ether oxygens (including phenoxy) is 2. The van der Waals surface area contributed by atoms with Gasteiger partial charge in [-0.25, -0.2) is 0 Å². The number of esters is 2. The lowest BCUT2D eigenvalue weighted by molar-refractivity contribution is -0.870. The standard InChI is InChI=1S/C83H152NO8P/c1-6-8-10-12-14-16-18-20-22-24-26-28-30-32-34-36-37-38-39-40-41-42-43-44-45-46-48-49-51-53-55-57-59-61-63-65-67-69-71-73-75-82(85)89-79-81(80-91-93(87,88)90-78-77-84(3,4)5)92-83(86)76-74-72-70-68-66-64-62-60-58-56-54-52-50-47-35-33-31-29-27-25-23-21-19-17-15-13-11-9-7-2/h9,11,15,17,21,23,27,29,33,35,50,52,56,58,81H,6-8,10,12-14,16,18-20,22,24-26,28,30-32,34,36-49,51,53-55,57,59-80H2,1-5H3/b11-9-,17-15-,23-21-,29-27-,35-33-,52-50-,58-56-. The number of carbonyl (C=O) groups is 2. The summed E-state index contributed by atoms with van der Waals surface area (Å²) in [6, 6.07) is 0. The molecule has 0 heterocycles. The van der Waals surface area contributed by atoms with Crippen molar-refractivity contribution >= 4 is 19.8 Å². The summed E-state index contributed by atoms with van der Waals surface area (Å²) in [7, 11) is 1.16. The Kier molecular flexibility index (Phi) is 71.2. The first-order valence-electron chi connectivity index (χ1n) is 39.8. The number of rotatable bonds is 74. The summed E-state index contributed by atoms with van der Waals surface area (Å²) in [6.45, 7) is 4.16. The van der Waals surface area contributed by atoms with Gasteiger partial charge in [0.25, 0.3) is 7.82 Å². The van der Waals surface area contributed by atoms with Crippen molar-refractivity contribution in [2.45, 2.75) is 386 Å². The van der Waals surface area contributed by atoms with Crippen LogP contribution >= 0.6 is 7.82 Å². The van der Waals surface area contributed by atoms with E-state index in [9.17, 15) is 19.0 Å². The van der Waals surface area contributed by atoms with Crippen LogP contribution in [0.4, 0.5) is 0 Å². The predicted octanol–water partition coefficient (Wildman–Crippen LogP) is 25.8. The van der Waals surface area contributed by atoms with Crippen LogP contribution in [0.3, 0.4) is 0 Å². The van der Waals surface area contributed by atoms with E-state index in [1.807, 2.05) is 21.1 Å². The minimum Gasteiger partial charge on any atom is -0.756 e. The summed E-state index contributed by atoms with van der Waals surface area (Å²) in [5, 5.41) is 0. The highest BCUT2D eigenvalue weighted by Crippen LogP contribution is 2.38. The molecule has 10 heteroatoms. The molecule has 542 valence electrons. The molecular formula is C83H152NO8P. The monoisotopic (exact) mass is 1320 g/mol. The highest BCUT2D eigenvalue weighted by molar-refractivity contribution is 7.45. The Labute approximate surface area is 577 Å². The van der Waals surface area contributed by atoms with Crippen molar-refractivity contribution in [1.82, 2.24) is 0 Å². The van der Waals surface area contributed by atoms with E-state index in [2.05, 4.69) is 98.9 Å². The fourth-order valence-corrected chi connectivity index (χ4v) is 12.4. The summed E-state index contributed by atoms with van der Waals surface area (Å²) in [4.78, 5) is 38.1. The highest BCUT2D eigenvalue weighted by atomic mass is 31.2. The maximum absolute atomic E-state index is 12.9. The molecule has 0 bridgehead atoms. The second kappa shape index (κ2) is 73.4. The molecular weight excluding hydrogens is 1170 g/mol. The lowest BCUT2D eigenvalue weighted by Gasteiger charge is -2.28. The van der Waals surface area contributed by atoms with Gasteiger partial charge in [0, 0.05) is 12.8 Å². The van der Waals surface area contributed by atoms with E-state index in [4.69, 9.17) is 18.5 Å². The third kappa shape index (κ3) is 78.1. The third-order valence-electron chi connectivity index (χ3n) is 17.7. The summed E-state index contributed by atoms with van der Waals surface area (Å²) >= 11 is 0. The van der Waals surface area contributed by atoms with Gasteiger partial charge >= 0.3 is 11.9 Å². The molecule has 0 amide bonds. The predicted molar refractivity (Wildman–Crippen MR) is 402 cm³/mol. The molecule has 0 saturated carbocycles. The molecule has 0 rings (SSSR count). The molecule has 2 atom stereocenters. The van der Waals surface area contributed by atoms with Gasteiger partial charge in [0.2, 0.25) is 0 Å². The molecule has 0 radical (unpaired) electrons. The first kappa shape index (κ1) is 90.2. The Balaban J connectivity index is 3.94. The van der Waals surface area contributed by atoms with Gasteiger partial charge in [-0.15, -0.1) is 0 Å². The van der Waals surface area contributed by atoms with Crippen LogP contribution in [0.15, 0.2) is 85.1 Å². The van der Waals surface area contributed by atoms with Gasteiger partial charge in [-0.1, -0.05) is 381 Å². The maximum Gasteiger partial charge on any atom is 0.306 e. The first-order chi connectivity index (χ1) is 45.5. The molecule has 0 aliphatic carbocycles. The van der Waals surface area contributed by atoms with Crippen LogP contribution in [0.1, 0.15) is 380 Å². The second-order valence-corrected chi connectivity index (χ2v) is 29.5. The van der Waals surface area contributed by atoms with E-state index in [1.54, 1.807) is 0 Å². The zero-order valence-corrected chi connectivity index (χ0v) is 62.8. The van der Waals surface area contributed by atoms with Crippen molar-refractivity contribution in [2.75, 3.05) is 47.5 Å². The molecule has 0 aliphatic rings. The van der Waals surface area contributed by atoms with Gasteiger partial charge in [0.15, 0.2) is 6.10 Å². The van der Waals surface area contributed by atoms with E-state index < -0.39 is 26.5 Å². The molecule has 0 aromatic heterocycles. The van der Waals surface area contributed by atoms with Crippen LogP contribution < -0.4 is 4.89 Å². The molecule has 2 unspecified atom stereocenters. The SMILES string of the molecule is CC/C=C\C/C=C\C/C=C\C/C=C\C/C=C\C/C=C\C/C=C\CCCCCCCCCC(=O)OC(COC(=O)CCCCCCCCCCCCCCCCCCCCCCCCCCCCCCCCCCCCCCCCCC)COP(=O)([O-])OCC[N+](C)(C)C. The van der Waals surface area contributed by atoms with E-state index in [1.165, 1.54) is 257 Å². The number of hydrogen-bond donors (Lipinski definition) is 0. The number of carbonyl (C=O) groups excluding carboxylic acids is 2. The quantitative estimate of drug-likeness (QED) is 0.0195. The Bertz CT molecular complexity index is 1850. The van der Waals surface area contributed by atoms with Crippen molar-refractivity contribution < 1.29 is 42.1 Å². The Morgan fingerprint density at radius 1 is 0.344 bits per heavy atom. The minimum absolute atomic E-state index is 0.0354. The molecule has 0 aromatic rings. The maximum atomic E-state index is 12.9. The molecule has 9 nitrogen and oxygen atoms in total. The van der Waals surface area contributed by atoms with Crippen LogP contribution in [0.2, 0.25) is 0 Å². The van der Waals surface area contributed by atoms with Gasteiger partial charge in [-0.05, 0) is 70.6 Å². The second-order valence-electron chi connectivity index (χ2n) is 28.1. The fourth-order valence-electron chi connectivity index (χ4n) is 11.6. The van der Waals surface area contributed by atoms with Gasteiger partial charge < -0.3 is 27.9 Å². The Morgan fingerprint density at radius 3 is 0.914 bits per heavy atom. The van der Waals surface area contributed by atoms with Crippen LogP contribution in [0, 0.1) is 0 Å². The van der Waals surface area contributed by atoms with E-state index >= 15 is 0 Å². The van der Waals surface area contributed by atoms with Crippen LogP contribution in [-0.2, 0) is 32.7 Å². The third-order valence-corrected chi connectivity index (χ3v) is 18.6. The summed E-state index contributed by atoms with van der Waals surface area (Å²) in [6.07, 6.45) is 101. The molecule has 0 aliphatic heterocycles. The minimum atomic E-state index is -4.65. The average Bonchev–Trinajstić information content (AvgIpc) is 2.61. The number of likely N-dealkylation sites (N-methyl/N-ethyl adjacent to an activating group) is 1. The average molecular weight is 1320 g/mol. The lowest BCUT2D eigenvalue weighted by atomic mass is 10.0. The topological polar surface area (TPSA) is 111 Å². The van der Waals surface area contributed by atoms with Crippen molar-refractivity contribution in [3.05, 3.63) is 85.1 Å².